The van der Waals surface area contributed by atoms with Crippen LogP contribution in [0.2, 0.25) is 0 Å². The molecule has 0 saturated heterocycles. The second-order valence-electron chi connectivity index (χ2n) is 6.38. The van der Waals surface area contributed by atoms with Crippen LogP contribution in [-0.4, -0.2) is 46.7 Å². The van der Waals surface area contributed by atoms with Gasteiger partial charge in [0.2, 0.25) is 0 Å². The van der Waals surface area contributed by atoms with E-state index in [0.717, 1.165) is 42.4 Å². The highest BCUT2D eigenvalue weighted by atomic mass is 127. The van der Waals surface area contributed by atoms with Gasteiger partial charge >= 0.3 is 0 Å². The molecule has 0 aliphatic carbocycles. The maximum absolute atomic E-state index is 9.70. The summed E-state index contributed by atoms with van der Waals surface area (Å²) in [6, 6.07) is 16.0. The number of halogens is 1. The van der Waals surface area contributed by atoms with Crippen molar-refractivity contribution in [3.63, 3.8) is 0 Å². The van der Waals surface area contributed by atoms with E-state index < -0.39 is 0 Å². The van der Waals surface area contributed by atoms with E-state index in [2.05, 4.69) is 26.8 Å². The van der Waals surface area contributed by atoms with Crippen molar-refractivity contribution in [1.29, 1.82) is 0 Å². The Balaban J connectivity index is 0.00000280. The van der Waals surface area contributed by atoms with E-state index in [-0.39, 0.29) is 36.5 Å². The summed E-state index contributed by atoms with van der Waals surface area (Å²) >= 11 is 0. The monoisotopic (exact) mass is 493 g/mol. The molecule has 2 aromatic heterocycles. The maximum atomic E-state index is 9.70. The van der Waals surface area contributed by atoms with E-state index in [1.54, 1.807) is 0 Å². The lowest BCUT2D eigenvalue weighted by Crippen LogP contribution is -2.38. The summed E-state index contributed by atoms with van der Waals surface area (Å²) in [7, 11) is 0. The molecule has 28 heavy (non-hydrogen) atoms. The number of imidazole rings is 1. The zero-order valence-electron chi connectivity index (χ0n) is 16.1. The van der Waals surface area contributed by atoms with Gasteiger partial charge in [0.1, 0.15) is 5.65 Å². The number of aliphatic hydroxyl groups is 1. The summed E-state index contributed by atoms with van der Waals surface area (Å²) in [5.74, 6) is 0.760. The number of nitrogens with one attached hydrogen (secondary N) is 2. The lowest BCUT2D eigenvalue weighted by molar-refractivity contribution is 0.268. The van der Waals surface area contributed by atoms with Crippen LogP contribution in [0, 0.1) is 0 Å². The van der Waals surface area contributed by atoms with Gasteiger partial charge in [-0.2, -0.15) is 0 Å². The van der Waals surface area contributed by atoms with E-state index in [9.17, 15) is 5.11 Å². The molecule has 2 heterocycles. The molecule has 0 amide bonds. The smallest absolute Gasteiger partial charge is 0.191 e. The first-order valence-corrected chi connectivity index (χ1v) is 9.40. The summed E-state index contributed by atoms with van der Waals surface area (Å²) in [4.78, 5) is 9.26. The van der Waals surface area contributed by atoms with E-state index in [1.165, 1.54) is 0 Å². The average molecular weight is 493 g/mol. The SMILES string of the molecule is CCNC(=NCC(CO)c1ccccc1)NCCc1cn2ccccc2n1.I. The fraction of sp³-hybridized carbons (Fsp3) is 0.333. The Bertz CT molecular complexity index is 832. The number of hydrogen-bond donors (Lipinski definition) is 3. The minimum atomic E-state index is 0. The molecule has 0 fully saturated rings. The third kappa shape index (κ3) is 6.20. The van der Waals surface area contributed by atoms with E-state index >= 15 is 0 Å². The molecule has 6 nitrogen and oxygen atoms in total. The van der Waals surface area contributed by atoms with Crippen molar-refractivity contribution in [3.05, 3.63) is 72.2 Å². The summed E-state index contributed by atoms with van der Waals surface area (Å²) in [6.07, 6.45) is 4.87. The first-order chi connectivity index (χ1) is 13.3. The van der Waals surface area contributed by atoms with Gasteiger partial charge in [-0.05, 0) is 24.6 Å². The molecule has 0 aliphatic rings. The number of benzene rings is 1. The molecular formula is C21H28IN5O. The summed E-state index contributed by atoms with van der Waals surface area (Å²) in [5, 5.41) is 16.3. The van der Waals surface area contributed by atoms with E-state index in [0.29, 0.717) is 6.54 Å². The Labute approximate surface area is 183 Å². The first kappa shape index (κ1) is 22.2. The third-order valence-electron chi connectivity index (χ3n) is 4.39. The normalized spacial score (nSPS) is 12.4. The number of rotatable bonds is 8. The van der Waals surface area contributed by atoms with E-state index in [4.69, 9.17) is 0 Å². The van der Waals surface area contributed by atoms with Gasteiger partial charge in [0, 0.05) is 37.8 Å². The Morgan fingerprint density at radius 2 is 1.93 bits per heavy atom. The van der Waals surface area contributed by atoms with Crippen molar-refractivity contribution in [2.24, 2.45) is 4.99 Å². The predicted molar refractivity (Wildman–Crippen MR) is 125 cm³/mol. The Morgan fingerprint density at radius 3 is 2.64 bits per heavy atom. The number of hydrogen-bond acceptors (Lipinski definition) is 3. The quantitative estimate of drug-likeness (QED) is 0.257. The van der Waals surface area contributed by atoms with Crippen LogP contribution in [0.1, 0.15) is 24.1 Å². The second kappa shape index (κ2) is 11.7. The molecule has 0 saturated carbocycles. The number of nitrogens with zero attached hydrogens (tertiary/aromatic N) is 3. The lowest BCUT2D eigenvalue weighted by Gasteiger charge is -2.15. The van der Waals surface area contributed by atoms with Crippen molar-refractivity contribution in [3.8, 4) is 0 Å². The van der Waals surface area contributed by atoms with Gasteiger partial charge in [-0.3, -0.25) is 4.99 Å². The second-order valence-corrected chi connectivity index (χ2v) is 6.38. The molecule has 0 aliphatic heterocycles. The Hall–Kier alpha value is -2.13. The fourth-order valence-corrected chi connectivity index (χ4v) is 2.95. The highest BCUT2D eigenvalue weighted by molar-refractivity contribution is 14.0. The molecule has 0 bridgehead atoms. The van der Waals surface area contributed by atoms with Crippen molar-refractivity contribution >= 4 is 35.6 Å². The van der Waals surface area contributed by atoms with Crippen molar-refractivity contribution in [1.82, 2.24) is 20.0 Å². The largest absolute Gasteiger partial charge is 0.396 e. The molecule has 0 radical (unpaired) electrons. The molecule has 7 heteroatoms. The lowest BCUT2D eigenvalue weighted by atomic mass is 10.0. The molecule has 1 atom stereocenters. The Morgan fingerprint density at radius 1 is 1.14 bits per heavy atom. The third-order valence-corrected chi connectivity index (χ3v) is 4.39. The number of guanidine groups is 1. The molecule has 3 aromatic rings. The standard InChI is InChI=1S/C21H27N5O.HI/c1-2-22-21(24-14-18(16-27)17-8-4-3-5-9-17)23-12-11-19-15-26-13-7-6-10-20(26)25-19;/h3-10,13,15,18,27H,2,11-12,14,16H2,1H3,(H2,22,23,24);1H. The maximum Gasteiger partial charge on any atom is 0.191 e. The van der Waals surface area contributed by atoms with Gasteiger partial charge < -0.3 is 20.1 Å². The van der Waals surface area contributed by atoms with Crippen molar-refractivity contribution in [2.75, 3.05) is 26.2 Å². The van der Waals surface area contributed by atoms with Gasteiger partial charge in [0.15, 0.2) is 5.96 Å². The Kier molecular flexibility index (Phi) is 9.22. The number of aliphatic hydroxyl groups excluding tert-OH is 1. The van der Waals surface area contributed by atoms with Crippen molar-refractivity contribution in [2.45, 2.75) is 19.3 Å². The van der Waals surface area contributed by atoms with Crippen LogP contribution in [-0.2, 0) is 6.42 Å². The van der Waals surface area contributed by atoms with Crippen LogP contribution in [0.15, 0.2) is 65.9 Å². The molecule has 3 N–H and O–H groups in total. The predicted octanol–water partition coefficient (Wildman–Crippen LogP) is 2.83. The number of aliphatic imine (C=N–C) groups is 1. The van der Waals surface area contributed by atoms with Gasteiger partial charge in [-0.15, -0.1) is 24.0 Å². The zero-order chi connectivity index (χ0) is 18.9. The molecule has 1 aromatic carbocycles. The molecule has 150 valence electrons. The summed E-state index contributed by atoms with van der Waals surface area (Å²) < 4.78 is 2.03. The summed E-state index contributed by atoms with van der Waals surface area (Å²) in [5.41, 5.74) is 3.10. The van der Waals surface area contributed by atoms with E-state index in [1.807, 2.05) is 66.1 Å². The van der Waals surface area contributed by atoms with Gasteiger partial charge in [0.25, 0.3) is 0 Å². The number of aromatic nitrogens is 2. The molecule has 3 rings (SSSR count). The average Bonchev–Trinajstić information content (AvgIpc) is 3.12. The minimum Gasteiger partial charge on any atom is -0.396 e. The van der Waals surface area contributed by atoms with Crippen LogP contribution in [0.3, 0.4) is 0 Å². The van der Waals surface area contributed by atoms with Crippen LogP contribution in [0.5, 0.6) is 0 Å². The summed E-state index contributed by atoms with van der Waals surface area (Å²) in [6.45, 7) is 4.18. The van der Waals surface area contributed by atoms with Crippen LogP contribution in [0.4, 0.5) is 0 Å². The van der Waals surface area contributed by atoms with Gasteiger partial charge in [0.05, 0.1) is 18.8 Å². The fourth-order valence-electron chi connectivity index (χ4n) is 2.95. The number of pyridine rings is 1. The van der Waals surface area contributed by atoms with Crippen LogP contribution >= 0.6 is 24.0 Å². The van der Waals surface area contributed by atoms with Crippen LogP contribution in [0.25, 0.3) is 5.65 Å². The first-order valence-electron chi connectivity index (χ1n) is 9.40. The highest BCUT2D eigenvalue weighted by Gasteiger charge is 2.10. The minimum absolute atomic E-state index is 0. The topological polar surface area (TPSA) is 74.0 Å². The molecular weight excluding hydrogens is 465 g/mol. The zero-order valence-corrected chi connectivity index (χ0v) is 18.4. The number of fused-ring (bicyclic) bond motifs is 1. The van der Waals surface area contributed by atoms with Crippen molar-refractivity contribution < 1.29 is 5.11 Å². The van der Waals surface area contributed by atoms with Gasteiger partial charge in [-0.1, -0.05) is 36.4 Å². The molecule has 1 unspecified atom stereocenters. The highest BCUT2D eigenvalue weighted by Crippen LogP contribution is 2.14. The van der Waals surface area contributed by atoms with Crippen LogP contribution < -0.4 is 10.6 Å². The van der Waals surface area contributed by atoms with Gasteiger partial charge in [-0.25, -0.2) is 4.98 Å². The molecule has 0 spiro atoms.